The van der Waals surface area contributed by atoms with Gasteiger partial charge in [0, 0.05) is 12.0 Å². The fourth-order valence-electron chi connectivity index (χ4n) is 2.08. The molecule has 14 heavy (non-hydrogen) atoms. The summed E-state index contributed by atoms with van der Waals surface area (Å²) < 4.78 is 0. The number of aliphatic hydroxyl groups excluding tert-OH is 2. The van der Waals surface area contributed by atoms with Crippen molar-refractivity contribution >= 4 is 0 Å². The Bertz CT molecular complexity index is 143. The van der Waals surface area contributed by atoms with Crippen LogP contribution in [0.15, 0.2) is 0 Å². The van der Waals surface area contributed by atoms with Crippen molar-refractivity contribution in [2.45, 2.75) is 32.6 Å². The molecule has 0 aromatic rings. The van der Waals surface area contributed by atoms with Crippen LogP contribution < -0.4 is 0 Å². The van der Waals surface area contributed by atoms with Gasteiger partial charge in [-0.15, -0.1) is 0 Å². The molecule has 1 saturated heterocycles. The van der Waals surface area contributed by atoms with Crippen LogP contribution in [0.1, 0.15) is 32.6 Å². The minimum atomic E-state index is -0.280. The Morgan fingerprint density at radius 2 is 1.64 bits per heavy atom. The van der Waals surface area contributed by atoms with Crippen LogP contribution in [0.25, 0.3) is 0 Å². The molecule has 3 nitrogen and oxygen atoms in total. The van der Waals surface area contributed by atoms with Crippen LogP contribution >= 0.6 is 0 Å². The van der Waals surface area contributed by atoms with E-state index in [2.05, 4.69) is 4.90 Å². The van der Waals surface area contributed by atoms with E-state index in [9.17, 15) is 10.2 Å². The molecule has 1 aliphatic heterocycles. The molecule has 0 saturated carbocycles. The van der Waals surface area contributed by atoms with Gasteiger partial charge in [0.1, 0.15) is 0 Å². The second-order valence-corrected chi connectivity index (χ2v) is 4.51. The van der Waals surface area contributed by atoms with Crippen molar-refractivity contribution in [2.24, 2.45) is 5.41 Å². The smallest absolute Gasteiger partial charge is 0.0521 e. The number of rotatable bonds is 5. The normalized spacial score (nSPS) is 19.9. The SMILES string of the molecule is CCC(CO)(CO)CN1CCCCC1. The fourth-order valence-corrected chi connectivity index (χ4v) is 2.08. The van der Waals surface area contributed by atoms with Gasteiger partial charge in [0.25, 0.3) is 0 Å². The van der Waals surface area contributed by atoms with Gasteiger partial charge in [-0.1, -0.05) is 13.3 Å². The lowest BCUT2D eigenvalue weighted by atomic mass is 9.86. The maximum absolute atomic E-state index is 9.32. The molecule has 0 radical (unpaired) electrons. The van der Waals surface area contributed by atoms with Crippen LogP contribution in [0.3, 0.4) is 0 Å². The van der Waals surface area contributed by atoms with Gasteiger partial charge >= 0.3 is 0 Å². The molecule has 84 valence electrons. The van der Waals surface area contributed by atoms with E-state index in [1.54, 1.807) is 0 Å². The van der Waals surface area contributed by atoms with Gasteiger partial charge in [-0.25, -0.2) is 0 Å². The molecule has 0 spiro atoms. The minimum absolute atomic E-state index is 0.0938. The molecule has 3 heteroatoms. The zero-order chi connectivity index (χ0) is 10.4. The number of hydrogen-bond donors (Lipinski definition) is 2. The van der Waals surface area contributed by atoms with Crippen LogP contribution in [-0.2, 0) is 0 Å². The van der Waals surface area contributed by atoms with E-state index >= 15 is 0 Å². The molecule has 0 atom stereocenters. The van der Waals surface area contributed by atoms with E-state index in [0.717, 1.165) is 26.1 Å². The third-order valence-electron chi connectivity index (χ3n) is 3.43. The van der Waals surface area contributed by atoms with Crippen LogP contribution in [0, 0.1) is 5.41 Å². The average molecular weight is 201 g/mol. The third kappa shape index (κ3) is 2.94. The summed E-state index contributed by atoms with van der Waals surface area (Å²) in [6.45, 7) is 5.32. The Morgan fingerprint density at radius 3 is 2.07 bits per heavy atom. The minimum Gasteiger partial charge on any atom is -0.396 e. The van der Waals surface area contributed by atoms with Gasteiger partial charge in [0.15, 0.2) is 0 Å². The third-order valence-corrected chi connectivity index (χ3v) is 3.43. The molecule has 1 fully saturated rings. The first-order valence-electron chi connectivity index (χ1n) is 5.70. The zero-order valence-corrected chi connectivity index (χ0v) is 9.21. The highest BCUT2D eigenvalue weighted by molar-refractivity contribution is 4.81. The molecule has 1 rings (SSSR count). The summed E-state index contributed by atoms with van der Waals surface area (Å²) >= 11 is 0. The Morgan fingerprint density at radius 1 is 1.07 bits per heavy atom. The molecule has 0 amide bonds. The second-order valence-electron chi connectivity index (χ2n) is 4.51. The first-order valence-corrected chi connectivity index (χ1v) is 5.70. The molecule has 0 aromatic heterocycles. The summed E-state index contributed by atoms with van der Waals surface area (Å²) in [6.07, 6.45) is 4.69. The maximum atomic E-state index is 9.32. The number of aliphatic hydroxyl groups is 2. The Balaban J connectivity index is 2.44. The van der Waals surface area contributed by atoms with Crippen molar-refractivity contribution in [3.8, 4) is 0 Å². The van der Waals surface area contributed by atoms with E-state index < -0.39 is 0 Å². The largest absolute Gasteiger partial charge is 0.396 e. The zero-order valence-electron chi connectivity index (χ0n) is 9.21. The number of piperidine rings is 1. The Labute approximate surface area is 86.7 Å². The maximum Gasteiger partial charge on any atom is 0.0521 e. The van der Waals surface area contributed by atoms with Gasteiger partial charge in [-0.2, -0.15) is 0 Å². The van der Waals surface area contributed by atoms with Crippen molar-refractivity contribution in [3.05, 3.63) is 0 Å². The van der Waals surface area contributed by atoms with Gasteiger partial charge in [0.2, 0.25) is 0 Å². The number of nitrogens with zero attached hydrogens (tertiary/aromatic N) is 1. The first-order chi connectivity index (χ1) is 6.76. The monoisotopic (exact) mass is 201 g/mol. The van der Waals surface area contributed by atoms with Crippen molar-refractivity contribution < 1.29 is 10.2 Å². The predicted molar refractivity (Wildman–Crippen MR) is 57.2 cm³/mol. The van der Waals surface area contributed by atoms with Crippen LogP contribution in [0.5, 0.6) is 0 Å². The van der Waals surface area contributed by atoms with Crippen LogP contribution in [0.2, 0.25) is 0 Å². The summed E-state index contributed by atoms with van der Waals surface area (Å²) in [4.78, 5) is 2.37. The van der Waals surface area contributed by atoms with E-state index in [-0.39, 0.29) is 18.6 Å². The quantitative estimate of drug-likeness (QED) is 0.693. The molecule has 1 heterocycles. The average Bonchev–Trinajstić information content (AvgIpc) is 2.28. The highest BCUT2D eigenvalue weighted by Crippen LogP contribution is 2.23. The lowest BCUT2D eigenvalue weighted by Gasteiger charge is -2.36. The first kappa shape index (κ1) is 12.0. The molecule has 1 aliphatic rings. The molecule has 0 bridgehead atoms. The standard InChI is InChI=1S/C11H23NO2/c1-2-11(9-13,10-14)8-12-6-4-3-5-7-12/h13-14H,2-10H2,1H3. The molecular weight excluding hydrogens is 178 g/mol. The van der Waals surface area contributed by atoms with Crippen LogP contribution in [-0.4, -0.2) is 48.0 Å². The summed E-state index contributed by atoms with van der Waals surface area (Å²) in [6, 6.07) is 0. The van der Waals surface area contributed by atoms with E-state index in [1.165, 1.54) is 19.3 Å². The molecule has 0 aliphatic carbocycles. The summed E-state index contributed by atoms with van der Waals surface area (Å²) in [5, 5.41) is 18.6. The lowest BCUT2D eigenvalue weighted by molar-refractivity contribution is 0.0135. The summed E-state index contributed by atoms with van der Waals surface area (Å²) in [5.74, 6) is 0. The highest BCUT2D eigenvalue weighted by Gasteiger charge is 2.29. The van der Waals surface area contributed by atoms with Crippen molar-refractivity contribution in [1.82, 2.24) is 4.90 Å². The van der Waals surface area contributed by atoms with E-state index in [1.807, 2.05) is 6.92 Å². The van der Waals surface area contributed by atoms with Crippen LogP contribution in [0.4, 0.5) is 0 Å². The van der Waals surface area contributed by atoms with E-state index in [4.69, 9.17) is 0 Å². The van der Waals surface area contributed by atoms with Gasteiger partial charge in [0.05, 0.1) is 13.2 Å². The molecular formula is C11H23NO2. The fraction of sp³-hybridized carbons (Fsp3) is 1.00. The predicted octanol–water partition coefficient (Wildman–Crippen LogP) is 0.853. The van der Waals surface area contributed by atoms with Crippen molar-refractivity contribution in [2.75, 3.05) is 32.8 Å². The number of hydrogen-bond acceptors (Lipinski definition) is 3. The van der Waals surface area contributed by atoms with Gasteiger partial charge in [-0.3, -0.25) is 0 Å². The second kappa shape index (κ2) is 5.69. The lowest BCUT2D eigenvalue weighted by Crippen LogP contribution is -2.44. The summed E-state index contributed by atoms with van der Waals surface area (Å²) in [7, 11) is 0. The van der Waals surface area contributed by atoms with Gasteiger partial charge < -0.3 is 15.1 Å². The molecule has 2 N–H and O–H groups in total. The Hall–Kier alpha value is -0.120. The highest BCUT2D eigenvalue weighted by atomic mass is 16.3. The van der Waals surface area contributed by atoms with E-state index in [0.29, 0.717) is 0 Å². The topological polar surface area (TPSA) is 43.7 Å². The molecule has 0 unspecified atom stereocenters. The van der Waals surface area contributed by atoms with Gasteiger partial charge in [-0.05, 0) is 32.4 Å². The summed E-state index contributed by atoms with van der Waals surface area (Å²) in [5.41, 5.74) is -0.280. The number of likely N-dealkylation sites (tertiary alicyclic amines) is 1. The molecule has 0 aromatic carbocycles. The van der Waals surface area contributed by atoms with Crippen molar-refractivity contribution in [3.63, 3.8) is 0 Å². The Kier molecular flexibility index (Phi) is 4.85. The van der Waals surface area contributed by atoms with Crippen molar-refractivity contribution in [1.29, 1.82) is 0 Å².